The van der Waals surface area contributed by atoms with Crippen molar-refractivity contribution in [2.75, 3.05) is 13.7 Å². The van der Waals surface area contributed by atoms with Gasteiger partial charge in [0.05, 0.1) is 37.2 Å². The summed E-state index contributed by atoms with van der Waals surface area (Å²) in [5.74, 6) is 0.759. The molecule has 0 spiro atoms. The van der Waals surface area contributed by atoms with Crippen molar-refractivity contribution in [2.24, 2.45) is 0 Å². The Morgan fingerprint density at radius 3 is 2.68 bits per heavy atom. The molecule has 2 heterocycles. The number of alkyl halides is 3. The number of nitrogens with one attached hydrogen (secondary N) is 2. The van der Waals surface area contributed by atoms with Crippen LogP contribution in [0.4, 0.5) is 18.0 Å². The number of hydrogen-bond donors (Lipinski definition) is 2. The summed E-state index contributed by atoms with van der Waals surface area (Å²) in [6.45, 7) is 2.28. The monoisotopic (exact) mass is 478 g/mol. The van der Waals surface area contributed by atoms with Gasteiger partial charge in [-0.1, -0.05) is 18.2 Å². The number of halogens is 3. The third kappa shape index (κ3) is 6.47. The summed E-state index contributed by atoms with van der Waals surface area (Å²) < 4.78 is 49.7. The average molecular weight is 478 g/mol. The molecular formula is C23H25F3N4O4. The minimum Gasteiger partial charge on any atom is -0.467 e. The summed E-state index contributed by atoms with van der Waals surface area (Å²) in [6.07, 6.45) is -3.06. The van der Waals surface area contributed by atoms with Crippen molar-refractivity contribution in [3.63, 3.8) is 0 Å². The first kappa shape index (κ1) is 25.0. The number of aromatic amines is 1. The Labute approximate surface area is 193 Å². The molecule has 0 fully saturated rings. The number of benzene rings is 1. The Morgan fingerprint density at radius 2 is 2.03 bits per heavy atom. The van der Waals surface area contributed by atoms with Crippen LogP contribution in [0.5, 0.6) is 0 Å². The fraction of sp³-hybridized carbons (Fsp3) is 0.348. The van der Waals surface area contributed by atoms with E-state index in [1.165, 1.54) is 30.4 Å². The normalized spacial score (nSPS) is 11.4. The van der Waals surface area contributed by atoms with E-state index in [0.29, 0.717) is 17.9 Å². The van der Waals surface area contributed by atoms with E-state index in [9.17, 15) is 22.8 Å². The highest BCUT2D eigenvalue weighted by Gasteiger charge is 2.30. The summed E-state index contributed by atoms with van der Waals surface area (Å²) in [5, 5.41) is 2.70. The van der Waals surface area contributed by atoms with Crippen molar-refractivity contribution >= 4 is 6.03 Å². The maximum atomic E-state index is 13.1. The number of furan rings is 1. The number of aromatic nitrogens is 2. The van der Waals surface area contributed by atoms with Crippen molar-refractivity contribution < 1.29 is 27.1 Å². The van der Waals surface area contributed by atoms with Crippen molar-refractivity contribution in [3.8, 4) is 0 Å². The molecule has 0 aliphatic rings. The molecule has 0 bridgehead atoms. The molecule has 3 rings (SSSR count). The molecule has 1 aromatic carbocycles. The van der Waals surface area contributed by atoms with Crippen molar-refractivity contribution in [2.45, 2.75) is 39.2 Å². The van der Waals surface area contributed by atoms with E-state index in [1.807, 2.05) is 0 Å². The van der Waals surface area contributed by atoms with Gasteiger partial charge in [0, 0.05) is 25.6 Å². The van der Waals surface area contributed by atoms with Crippen LogP contribution < -0.4 is 10.9 Å². The number of carbonyl (C=O) groups excluding carboxylic acids is 1. The molecule has 0 saturated heterocycles. The minimum absolute atomic E-state index is 0.0233. The highest BCUT2D eigenvalue weighted by atomic mass is 19.4. The maximum absolute atomic E-state index is 13.1. The molecule has 0 unspecified atom stereocenters. The predicted octanol–water partition coefficient (Wildman–Crippen LogP) is 3.85. The average Bonchev–Trinajstić information content (AvgIpc) is 3.29. The lowest BCUT2D eigenvalue weighted by Gasteiger charge is -2.22. The van der Waals surface area contributed by atoms with Gasteiger partial charge in [0.1, 0.15) is 11.6 Å². The molecule has 2 amide bonds. The van der Waals surface area contributed by atoms with Gasteiger partial charge in [-0.2, -0.15) is 13.2 Å². The molecule has 2 aromatic heterocycles. The van der Waals surface area contributed by atoms with Gasteiger partial charge in [0.2, 0.25) is 0 Å². The highest BCUT2D eigenvalue weighted by Crippen LogP contribution is 2.30. The highest BCUT2D eigenvalue weighted by molar-refractivity contribution is 5.73. The van der Waals surface area contributed by atoms with E-state index >= 15 is 0 Å². The SMILES string of the molecule is CCNC(=O)N(Cc1nc(COC)c(Cc2cccc(C(F)(F)F)c2)c(=O)[nH]1)Cc1ccco1. The van der Waals surface area contributed by atoms with E-state index in [0.717, 1.165) is 12.1 Å². The van der Waals surface area contributed by atoms with Crippen LogP contribution in [0.1, 0.15) is 40.9 Å². The smallest absolute Gasteiger partial charge is 0.416 e. The second-order valence-electron chi connectivity index (χ2n) is 7.52. The fourth-order valence-corrected chi connectivity index (χ4v) is 3.40. The summed E-state index contributed by atoms with van der Waals surface area (Å²) in [4.78, 5) is 33.9. The summed E-state index contributed by atoms with van der Waals surface area (Å²) in [6, 6.07) is 7.83. The zero-order valence-electron chi connectivity index (χ0n) is 18.7. The third-order valence-corrected chi connectivity index (χ3v) is 4.95. The number of methoxy groups -OCH3 is 1. The molecule has 0 atom stereocenters. The first-order chi connectivity index (χ1) is 16.2. The van der Waals surface area contributed by atoms with Gasteiger partial charge in [0.25, 0.3) is 5.56 Å². The van der Waals surface area contributed by atoms with Gasteiger partial charge in [0.15, 0.2) is 0 Å². The van der Waals surface area contributed by atoms with Crippen molar-refractivity contribution in [1.82, 2.24) is 20.2 Å². The van der Waals surface area contributed by atoms with E-state index in [-0.39, 0.29) is 49.2 Å². The van der Waals surface area contributed by atoms with E-state index in [4.69, 9.17) is 9.15 Å². The third-order valence-electron chi connectivity index (χ3n) is 4.95. The van der Waals surface area contributed by atoms with Gasteiger partial charge in [-0.25, -0.2) is 9.78 Å². The van der Waals surface area contributed by atoms with E-state index in [2.05, 4.69) is 15.3 Å². The first-order valence-corrected chi connectivity index (χ1v) is 10.5. The number of carbonyl (C=O) groups is 1. The largest absolute Gasteiger partial charge is 0.467 e. The lowest BCUT2D eigenvalue weighted by atomic mass is 10.0. The van der Waals surface area contributed by atoms with Crippen LogP contribution in [-0.4, -0.2) is 34.6 Å². The molecule has 2 N–H and O–H groups in total. The van der Waals surface area contributed by atoms with Crippen LogP contribution in [0.25, 0.3) is 0 Å². The molecule has 0 radical (unpaired) electrons. The molecule has 0 aliphatic heterocycles. The number of H-pyrrole nitrogens is 1. The molecule has 182 valence electrons. The van der Waals surface area contributed by atoms with Crippen molar-refractivity contribution in [3.05, 3.63) is 87.0 Å². The Kier molecular flexibility index (Phi) is 8.11. The summed E-state index contributed by atoms with van der Waals surface area (Å²) in [7, 11) is 1.43. The number of nitrogens with zero attached hydrogens (tertiary/aromatic N) is 2. The second kappa shape index (κ2) is 11.0. The summed E-state index contributed by atoms with van der Waals surface area (Å²) >= 11 is 0. The van der Waals surface area contributed by atoms with Crippen LogP contribution in [0.15, 0.2) is 51.9 Å². The number of hydrogen-bond acceptors (Lipinski definition) is 5. The Balaban J connectivity index is 1.90. The molecular weight excluding hydrogens is 453 g/mol. The number of ether oxygens (including phenoxy) is 1. The second-order valence-corrected chi connectivity index (χ2v) is 7.52. The number of urea groups is 1. The maximum Gasteiger partial charge on any atom is 0.416 e. The standard InChI is InChI=1S/C23H25F3N4O4/c1-3-27-22(32)30(12-17-8-5-9-34-17)13-20-28-19(14-33-2)18(21(31)29-20)11-15-6-4-7-16(10-15)23(24,25)26/h4-10H,3,11-14H2,1-2H3,(H,27,32)(H,28,29,31). The molecule has 3 aromatic rings. The van der Waals surface area contributed by atoms with Gasteiger partial charge >= 0.3 is 12.2 Å². The molecule has 11 heteroatoms. The van der Waals surface area contributed by atoms with Gasteiger partial charge in [-0.05, 0) is 30.7 Å². The van der Waals surface area contributed by atoms with E-state index in [1.54, 1.807) is 19.1 Å². The molecule has 0 aliphatic carbocycles. The Bertz CT molecular complexity index is 1160. The minimum atomic E-state index is -4.49. The zero-order valence-corrected chi connectivity index (χ0v) is 18.7. The van der Waals surface area contributed by atoms with Crippen molar-refractivity contribution in [1.29, 1.82) is 0 Å². The molecule has 34 heavy (non-hydrogen) atoms. The lowest BCUT2D eigenvalue weighted by molar-refractivity contribution is -0.137. The zero-order chi connectivity index (χ0) is 24.7. The molecule has 8 nitrogen and oxygen atoms in total. The van der Waals surface area contributed by atoms with Gasteiger partial charge in [-0.15, -0.1) is 0 Å². The Hall–Kier alpha value is -3.60. The first-order valence-electron chi connectivity index (χ1n) is 10.5. The molecule has 0 saturated carbocycles. The quantitative estimate of drug-likeness (QED) is 0.487. The number of rotatable bonds is 9. The predicted molar refractivity (Wildman–Crippen MR) is 117 cm³/mol. The number of amides is 2. The van der Waals surface area contributed by atoms with Crippen LogP contribution >= 0.6 is 0 Å². The van der Waals surface area contributed by atoms with E-state index < -0.39 is 17.3 Å². The Morgan fingerprint density at radius 1 is 1.24 bits per heavy atom. The van der Waals surface area contributed by atoms with Crippen LogP contribution in [0.2, 0.25) is 0 Å². The van der Waals surface area contributed by atoms with Crippen LogP contribution in [0, 0.1) is 0 Å². The fourth-order valence-electron chi connectivity index (χ4n) is 3.40. The lowest BCUT2D eigenvalue weighted by Crippen LogP contribution is -2.39. The van der Waals surface area contributed by atoms with Gasteiger partial charge in [-0.3, -0.25) is 4.79 Å². The van der Waals surface area contributed by atoms with Crippen LogP contribution in [-0.2, 0) is 37.0 Å². The summed E-state index contributed by atoms with van der Waals surface area (Å²) in [5.41, 5.74) is -0.514. The topological polar surface area (TPSA) is 100 Å². The van der Waals surface area contributed by atoms with Crippen LogP contribution in [0.3, 0.4) is 0 Å². The van der Waals surface area contributed by atoms with Gasteiger partial charge < -0.3 is 24.4 Å².